The van der Waals surface area contributed by atoms with Crippen molar-refractivity contribution >= 4 is 29.9 Å². The van der Waals surface area contributed by atoms with Crippen LogP contribution in [0, 0.1) is 12.8 Å². The van der Waals surface area contributed by atoms with E-state index in [0.29, 0.717) is 12.5 Å². The predicted molar refractivity (Wildman–Crippen MR) is 107 cm³/mol. The molecule has 0 saturated carbocycles. The predicted octanol–water partition coefficient (Wildman–Crippen LogP) is 2.12. The topological polar surface area (TPSA) is 67.8 Å². The number of halogens is 1. The minimum Gasteiger partial charge on any atom is -0.381 e. The van der Waals surface area contributed by atoms with Crippen molar-refractivity contribution in [2.24, 2.45) is 10.9 Å². The van der Waals surface area contributed by atoms with Crippen molar-refractivity contribution in [2.75, 3.05) is 40.0 Å². The van der Waals surface area contributed by atoms with E-state index in [1.807, 2.05) is 25.1 Å². The van der Waals surface area contributed by atoms with Gasteiger partial charge in [0.25, 0.3) is 0 Å². The monoisotopic (exact) mass is 448 g/mol. The number of hydrogen-bond donors (Lipinski definition) is 2. The van der Waals surface area contributed by atoms with Crippen molar-refractivity contribution in [3.63, 3.8) is 0 Å². The smallest absolute Gasteiger partial charge is 0.191 e. The van der Waals surface area contributed by atoms with E-state index in [1.165, 1.54) is 0 Å². The van der Waals surface area contributed by atoms with Crippen molar-refractivity contribution in [1.82, 2.24) is 15.6 Å². The van der Waals surface area contributed by atoms with Crippen LogP contribution in [-0.2, 0) is 16.0 Å². The number of aryl methyl sites for hydroxylation is 1. The molecule has 1 aliphatic heterocycles. The van der Waals surface area contributed by atoms with E-state index in [9.17, 15) is 0 Å². The standard InChI is InChI=1S/C17H28N4O2.HI/c1-14-5-3-6-16(21-14)11-20-17(18-2)19-8-4-9-22-12-15-7-10-23-13-15;/h3,5-6,15H,4,7-13H2,1-2H3,(H2,18,19,20);1H. The fourth-order valence-corrected chi connectivity index (χ4v) is 2.44. The zero-order valence-corrected chi connectivity index (χ0v) is 16.9. The number of pyridine rings is 1. The zero-order valence-electron chi connectivity index (χ0n) is 14.6. The molecule has 0 spiro atoms. The highest BCUT2D eigenvalue weighted by Gasteiger charge is 2.15. The molecule has 24 heavy (non-hydrogen) atoms. The molecular formula is C17H29IN4O2. The summed E-state index contributed by atoms with van der Waals surface area (Å²) in [7, 11) is 1.77. The molecule has 0 aliphatic carbocycles. The van der Waals surface area contributed by atoms with E-state index >= 15 is 0 Å². The molecule has 1 unspecified atom stereocenters. The van der Waals surface area contributed by atoms with Crippen molar-refractivity contribution < 1.29 is 9.47 Å². The molecule has 2 N–H and O–H groups in total. The molecule has 2 heterocycles. The first kappa shape index (κ1) is 21.1. The lowest BCUT2D eigenvalue weighted by molar-refractivity contribution is 0.0888. The third-order valence-corrected chi connectivity index (χ3v) is 3.74. The molecule has 0 bridgehead atoms. The first-order valence-electron chi connectivity index (χ1n) is 8.30. The molecule has 1 atom stereocenters. The molecule has 0 aromatic carbocycles. The molecule has 1 aromatic heterocycles. The number of aromatic nitrogens is 1. The van der Waals surface area contributed by atoms with Gasteiger partial charge in [-0.3, -0.25) is 9.98 Å². The van der Waals surface area contributed by atoms with Crippen LogP contribution in [0.3, 0.4) is 0 Å². The molecule has 1 saturated heterocycles. The maximum Gasteiger partial charge on any atom is 0.191 e. The summed E-state index contributed by atoms with van der Waals surface area (Å²) in [4.78, 5) is 8.68. The zero-order chi connectivity index (χ0) is 16.3. The van der Waals surface area contributed by atoms with Gasteiger partial charge in [0.1, 0.15) is 0 Å². The average molecular weight is 448 g/mol. The van der Waals surface area contributed by atoms with Gasteiger partial charge in [-0.2, -0.15) is 0 Å². The van der Waals surface area contributed by atoms with Crippen LogP contribution in [0.5, 0.6) is 0 Å². The second kappa shape index (κ2) is 12.4. The Morgan fingerprint density at radius 3 is 3.00 bits per heavy atom. The fraction of sp³-hybridized carbons (Fsp3) is 0.647. The van der Waals surface area contributed by atoms with E-state index < -0.39 is 0 Å². The average Bonchev–Trinajstić information content (AvgIpc) is 3.07. The maximum atomic E-state index is 5.69. The summed E-state index contributed by atoms with van der Waals surface area (Å²) in [5.41, 5.74) is 2.03. The number of ether oxygens (including phenoxy) is 2. The highest BCUT2D eigenvalue weighted by atomic mass is 127. The molecule has 6 nitrogen and oxygen atoms in total. The fourth-order valence-electron chi connectivity index (χ4n) is 2.44. The summed E-state index contributed by atoms with van der Waals surface area (Å²) in [6.45, 7) is 6.80. The van der Waals surface area contributed by atoms with Crippen LogP contribution < -0.4 is 10.6 Å². The molecule has 7 heteroatoms. The minimum atomic E-state index is 0. The van der Waals surface area contributed by atoms with Gasteiger partial charge < -0.3 is 20.1 Å². The summed E-state index contributed by atoms with van der Waals surface area (Å²) in [6, 6.07) is 6.02. The number of aliphatic imine (C=N–C) groups is 1. The lowest BCUT2D eigenvalue weighted by atomic mass is 10.1. The van der Waals surface area contributed by atoms with Crippen molar-refractivity contribution in [3.8, 4) is 0 Å². The van der Waals surface area contributed by atoms with Crippen molar-refractivity contribution in [2.45, 2.75) is 26.3 Å². The Labute approximate surface area is 161 Å². The van der Waals surface area contributed by atoms with Crippen molar-refractivity contribution in [3.05, 3.63) is 29.6 Å². The SMILES string of the molecule is CN=C(NCCCOCC1CCOC1)NCc1cccc(C)n1.I. The van der Waals surface area contributed by atoms with Crippen LogP contribution in [0.4, 0.5) is 0 Å². The third kappa shape index (κ3) is 8.25. The van der Waals surface area contributed by atoms with Gasteiger partial charge in [0, 0.05) is 38.4 Å². The largest absolute Gasteiger partial charge is 0.381 e. The maximum absolute atomic E-state index is 5.69. The number of nitrogens with one attached hydrogen (secondary N) is 2. The number of nitrogens with zero attached hydrogens (tertiary/aromatic N) is 2. The van der Waals surface area contributed by atoms with Crippen LogP contribution in [0.15, 0.2) is 23.2 Å². The Kier molecular flexibility index (Phi) is 10.9. The lowest BCUT2D eigenvalue weighted by Crippen LogP contribution is -2.37. The van der Waals surface area contributed by atoms with Crippen LogP contribution in [0.25, 0.3) is 0 Å². The molecule has 1 aliphatic rings. The van der Waals surface area contributed by atoms with Gasteiger partial charge in [0.2, 0.25) is 0 Å². The van der Waals surface area contributed by atoms with E-state index in [0.717, 1.165) is 63.2 Å². The van der Waals surface area contributed by atoms with E-state index in [1.54, 1.807) is 7.05 Å². The Morgan fingerprint density at radius 2 is 2.29 bits per heavy atom. The Morgan fingerprint density at radius 1 is 1.42 bits per heavy atom. The summed E-state index contributed by atoms with van der Waals surface area (Å²) in [5.74, 6) is 1.37. The highest BCUT2D eigenvalue weighted by molar-refractivity contribution is 14.0. The lowest BCUT2D eigenvalue weighted by Gasteiger charge is -2.12. The summed E-state index contributed by atoms with van der Waals surface area (Å²) < 4.78 is 11.0. The quantitative estimate of drug-likeness (QED) is 0.276. The van der Waals surface area contributed by atoms with Crippen LogP contribution in [-0.4, -0.2) is 51.0 Å². The Bertz CT molecular complexity index is 493. The van der Waals surface area contributed by atoms with Gasteiger partial charge >= 0.3 is 0 Å². The van der Waals surface area contributed by atoms with Crippen LogP contribution >= 0.6 is 24.0 Å². The van der Waals surface area contributed by atoms with Gasteiger partial charge in [-0.05, 0) is 31.9 Å². The molecule has 1 fully saturated rings. The summed E-state index contributed by atoms with van der Waals surface area (Å²) >= 11 is 0. The van der Waals surface area contributed by atoms with Crippen molar-refractivity contribution in [1.29, 1.82) is 0 Å². The second-order valence-corrected chi connectivity index (χ2v) is 5.78. The molecule has 1 aromatic rings. The van der Waals surface area contributed by atoms with Crippen LogP contribution in [0.2, 0.25) is 0 Å². The normalized spacial score (nSPS) is 17.4. The Balaban J connectivity index is 0.00000288. The first-order valence-corrected chi connectivity index (χ1v) is 8.30. The Hall–Kier alpha value is -0.930. The molecule has 136 valence electrons. The molecule has 0 radical (unpaired) electrons. The van der Waals surface area contributed by atoms with Gasteiger partial charge in [-0.25, -0.2) is 0 Å². The summed E-state index contributed by atoms with van der Waals surface area (Å²) in [6.07, 6.45) is 2.08. The second-order valence-electron chi connectivity index (χ2n) is 5.78. The van der Waals surface area contributed by atoms with E-state index in [2.05, 4.69) is 20.6 Å². The number of rotatable bonds is 8. The minimum absolute atomic E-state index is 0. The highest BCUT2D eigenvalue weighted by Crippen LogP contribution is 2.12. The van der Waals surface area contributed by atoms with Gasteiger partial charge in [0.15, 0.2) is 5.96 Å². The molecule has 2 rings (SSSR count). The van der Waals surface area contributed by atoms with E-state index in [4.69, 9.17) is 9.47 Å². The van der Waals surface area contributed by atoms with Gasteiger partial charge in [0.05, 0.1) is 25.5 Å². The number of hydrogen-bond acceptors (Lipinski definition) is 4. The number of guanidine groups is 1. The molecular weight excluding hydrogens is 419 g/mol. The van der Waals surface area contributed by atoms with Gasteiger partial charge in [-0.15, -0.1) is 24.0 Å². The first-order chi connectivity index (χ1) is 11.3. The third-order valence-electron chi connectivity index (χ3n) is 3.74. The molecule has 0 amide bonds. The van der Waals surface area contributed by atoms with Gasteiger partial charge in [-0.1, -0.05) is 6.07 Å². The van der Waals surface area contributed by atoms with Crippen LogP contribution in [0.1, 0.15) is 24.2 Å². The summed E-state index contributed by atoms with van der Waals surface area (Å²) in [5, 5.41) is 6.56. The van der Waals surface area contributed by atoms with E-state index in [-0.39, 0.29) is 24.0 Å².